The first-order valence-corrected chi connectivity index (χ1v) is 10.8. The van der Waals surface area contributed by atoms with Crippen LogP contribution in [0.15, 0.2) is 23.1 Å². The van der Waals surface area contributed by atoms with Gasteiger partial charge in [-0.05, 0) is 42.9 Å². The highest BCUT2D eigenvalue weighted by Gasteiger charge is 2.33. The molecule has 7 heteroatoms. The van der Waals surface area contributed by atoms with E-state index in [1.165, 1.54) is 4.31 Å². The molecule has 1 aliphatic heterocycles. The fourth-order valence-corrected chi connectivity index (χ4v) is 4.69. The van der Waals surface area contributed by atoms with Gasteiger partial charge in [0.2, 0.25) is 15.9 Å². The van der Waals surface area contributed by atoms with Gasteiger partial charge in [0.1, 0.15) is 10.6 Å². The number of carbonyl (C=O) groups is 1. The molecule has 1 aromatic carbocycles. The third kappa shape index (κ3) is 4.76. The molecule has 0 saturated carbocycles. The molecule has 1 aromatic rings. The van der Waals surface area contributed by atoms with E-state index in [9.17, 15) is 13.2 Å². The van der Waals surface area contributed by atoms with Crippen molar-refractivity contribution < 1.29 is 17.9 Å². The molecule has 146 valence electrons. The summed E-state index contributed by atoms with van der Waals surface area (Å²) in [6.07, 6.45) is 2.77. The van der Waals surface area contributed by atoms with Crippen LogP contribution in [0.3, 0.4) is 0 Å². The molecule has 1 heterocycles. The molecule has 1 saturated heterocycles. The lowest BCUT2D eigenvalue weighted by molar-refractivity contribution is -0.122. The number of nitrogens with two attached hydrogens (primary N) is 1. The second kappa shape index (κ2) is 8.86. The van der Waals surface area contributed by atoms with Crippen molar-refractivity contribution in [3.05, 3.63) is 23.8 Å². The van der Waals surface area contributed by atoms with Gasteiger partial charge < -0.3 is 10.5 Å². The van der Waals surface area contributed by atoms with Crippen LogP contribution in [0.4, 0.5) is 0 Å². The predicted molar refractivity (Wildman–Crippen MR) is 102 cm³/mol. The molecule has 0 aromatic heterocycles. The van der Waals surface area contributed by atoms with Gasteiger partial charge in [0.05, 0.1) is 6.61 Å². The number of carbonyl (C=O) groups excluding carboxylic acids is 1. The highest BCUT2D eigenvalue weighted by Crippen LogP contribution is 2.32. The second-order valence-electron chi connectivity index (χ2n) is 7.14. The maximum absolute atomic E-state index is 13.2. The van der Waals surface area contributed by atoms with Gasteiger partial charge in [-0.3, -0.25) is 4.79 Å². The summed E-state index contributed by atoms with van der Waals surface area (Å²) in [5, 5.41) is 0. The molecule has 1 aliphatic rings. The topological polar surface area (TPSA) is 89.7 Å². The molecular formula is C19H30N2O4S. The van der Waals surface area contributed by atoms with Crippen molar-refractivity contribution in [3.8, 4) is 5.75 Å². The van der Waals surface area contributed by atoms with Crippen LogP contribution in [-0.2, 0) is 14.8 Å². The van der Waals surface area contributed by atoms with Crippen molar-refractivity contribution in [2.45, 2.75) is 57.3 Å². The van der Waals surface area contributed by atoms with E-state index in [1.54, 1.807) is 12.1 Å². The van der Waals surface area contributed by atoms with Crippen LogP contribution >= 0.6 is 0 Å². The second-order valence-corrected chi connectivity index (χ2v) is 9.05. The smallest absolute Gasteiger partial charge is 0.246 e. The molecule has 2 N–H and O–H groups in total. The normalized spacial score (nSPS) is 16.8. The van der Waals surface area contributed by atoms with Crippen LogP contribution < -0.4 is 10.5 Å². The molecule has 26 heavy (non-hydrogen) atoms. The number of ether oxygens (including phenoxy) is 1. The number of sulfonamides is 1. The number of hydrogen-bond acceptors (Lipinski definition) is 4. The van der Waals surface area contributed by atoms with Gasteiger partial charge >= 0.3 is 0 Å². The van der Waals surface area contributed by atoms with E-state index in [1.807, 2.05) is 19.9 Å². The van der Waals surface area contributed by atoms with Gasteiger partial charge in [0.25, 0.3) is 0 Å². The Bertz CT molecular complexity index is 723. The van der Waals surface area contributed by atoms with Gasteiger partial charge in [-0.15, -0.1) is 0 Å². The molecule has 0 radical (unpaired) electrons. The van der Waals surface area contributed by atoms with E-state index in [4.69, 9.17) is 10.5 Å². The third-order valence-corrected chi connectivity index (χ3v) is 6.78. The van der Waals surface area contributed by atoms with E-state index >= 15 is 0 Å². The van der Waals surface area contributed by atoms with Crippen LogP contribution in [0.1, 0.15) is 57.9 Å². The Kier molecular flexibility index (Phi) is 7.06. The Labute approximate surface area is 156 Å². The van der Waals surface area contributed by atoms with Crippen LogP contribution in [-0.4, -0.2) is 38.3 Å². The molecule has 0 spiro atoms. The number of hydrogen-bond donors (Lipinski definition) is 1. The van der Waals surface area contributed by atoms with Crippen LogP contribution in [0.2, 0.25) is 0 Å². The van der Waals surface area contributed by atoms with Crippen molar-refractivity contribution in [3.63, 3.8) is 0 Å². The summed E-state index contributed by atoms with van der Waals surface area (Å²) < 4.78 is 33.7. The summed E-state index contributed by atoms with van der Waals surface area (Å²) in [4.78, 5) is 11.6. The minimum atomic E-state index is -3.68. The molecule has 0 atom stereocenters. The summed E-state index contributed by atoms with van der Waals surface area (Å²) in [5.41, 5.74) is 6.31. The number of nitrogens with zero attached hydrogens (tertiary/aromatic N) is 1. The Morgan fingerprint density at radius 3 is 2.50 bits per heavy atom. The average molecular weight is 383 g/mol. The zero-order valence-electron chi connectivity index (χ0n) is 15.9. The molecular weight excluding hydrogens is 352 g/mol. The van der Waals surface area contributed by atoms with Crippen molar-refractivity contribution in [1.82, 2.24) is 4.31 Å². The maximum atomic E-state index is 13.2. The molecule has 6 nitrogen and oxygen atoms in total. The van der Waals surface area contributed by atoms with Crippen LogP contribution in [0, 0.1) is 5.92 Å². The van der Waals surface area contributed by atoms with E-state index in [0.29, 0.717) is 38.3 Å². The monoisotopic (exact) mass is 382 g/mol. The number of unbranched alkanes of at least 4 members (excludes halogenated alkanes) is 1. The number of benzene rings is 1. The number of amides is 1. The SMILES string of the molecule is CCCCOc1ccc(C(C)C)cc1S(=O)(=O)N1CCC(C(N)=O)CC1. The number of piperidine rings is 1. The summed E-state index contributed by atoms with van der Waals surface area (Å²) in [5.74, 6) is 0.0188. The third-order valence-electron chi connectivity index (χ3n) is 4.86. The molecule has 0 bridgehead atoms. The largest absolute Gasteiger partial charge is 0.492 e. The van der Waals surface area contributed by atoms with E-state index in [0.717, 1.165) is 18.4 Å². The van der Waals surface area contributed by atoms with E-state index < -0.39 is 10.0 Å². The van der Waals surface area contributed by atoms with Gasteiger partial charge in [0.15, 0.2) is 0 Å². The standard InChI is InChI=1S/C19H30N2O4S/c1-4-5-12-25-17-7-6-16(14(2)3)13-18(17)26(23,24)21-10-8-15(9-11-21)19(20)22/h6-7,13-15H,4-5,8-12H2,1-3H3,(H2,20,22). The quantitative estimate of drug-likeness (QED) is 0.700. The zero-order valence-corrected chi connectivity index (χ0v) is 16.7. The fourth-order valence-electron chi connectivity index (χ4n) is 3.05. The molecule has 0 unspecified atom stereocenters. The molecule has 1 fully saturated rings. The fraction of sp³-hybridized carbons (Fsp3) is 0.632. The van der Waals surface area contributed by atoms with E-state index in [2.05, 4.69) is 6.92 Å². The lowest BCUT2D eigenvalue weighted by Gasteiger charge is -2.30. The molecule has 1 amide bonds. The van der Waals surface area contributed by atoms with Crippen LogP contribution in [0.25, 0.3) is 0 Å². The van der Waals surface area contributed by atoms with Crippen molar-refractivity contribution in [1.29, 1.82) is 0 Å². The number of primary amides is 1. The first-order chi connectivity index (χ1) is 12.3. The van der Waals surface area contributed by atoms with Gasteiger partial charge in [-0.1, -0.05) is 33.3 Å². The number of rotatable bonds is 8. The lowest BCUT2D eigenvalue weighted by atomic mass is 9.98. The molecule has 0 aliphatic carbocycles. The van der Waals surface area contributed by atoms with Crippen molar-refractivity contribution in [2.75, 3.05) is 19.7 Å². The van der Waals surface area contributed by atoms with Crippen molar-refractivity contribution >= 4 is 15.9 Å². The minimum absolute atomic E-state index is 0.217. The zero-order chi connectivity index (χ0) is 19.3. The van der Waals surface area contributed by atoms with Crippen LogP contribution in [0.5, 0.6) is 5.75 Å². The minimum Gasteiger partial charge on any atom is -0.492 e. The summed E-state index contributed by atoms with van der Waals surface area (Å²) >= 11 is 0. The van der Waals surface area contributed by atoms with Gasteiger partial charge in [0, 0.05) is 19.0 Å². The highest BCUT2D eigenvalue weighted by atomic mass is 32.2. The van der Waals surface area contributed by atoms with E-state index in [-0.39, 0.29) is 22.6 Å². The summed E-state index contributed by atoms with van der Waals surface area (Å²) in [7, 11) is -3.68. The average Bonchev–Trinajstić information content (AvgIpc) is 2.62. The van der Waals surface area contributed by atoms with Gasteiger partial charge in [-0.2, -0.15) is 4.31 Å². The van der Waals surface area contributed by atoms with Gasteiger partial charge in [-0.25, -0.2) is 8.42 Å². The Morgan fingerprint density at radius 2 is 1.96 bits per heavy atom. The Hall–Kier alpha value is -1.60. The Balaban J connectivity index is 2.30. The Morgan fingerprint density at radius 1 is 1.31 bits per heavy atom. The first kappa shape index (κ1) is 20.7. The van der Waals surface area contributed by atoms with Crippen molar-refractivity contribution in [2.24, 2.45) is 11.7 Å². The summed E-state index contributed by atoms with van der Waals surface area (Å²) in [6, 6.07) is 5.40. The first-order valence-electron chi connectivity index (χ1n) is 9.33. The molecule has 2 rings (SSSR count). The predicted octanol–water partition coefficient (Wildman–Crippen LogP) is 2.87. The summed E-state index contributed by atoms with van der Waals surface area (Å²) in [6.45, 7) is 7.21. The highest BCUT2D eigenvalue weighted by molar-refractivity contribution is 7.89. The maximum Gasteiger partial charge on any atom is 0.246 e. The lowest BCUT2D eigenvalue weighted by Crippen LogP contribution is -2.41.